The maximum Gasteiger partial charge on any atom is 0.122 e. The maximum atomic E-state index is 10.3. The Morgan fingerprint density at radius 3 is 2.74 bits per heavy atom. The zero-order valence-electron chi connectivity index (χ0n) is 11.6. The van der Waals surface area contributed by atoms with E-state index in [0.717, 1.165) is 28.1 Å². The summed E-state index contributed by atoms with van der Waals surface area (Å²) in [5.74, 6) is 0.804. The van der Waals surface area contributed by atoms with Crippen molar-refractivity contribution in [1.82, 2.24) is 4.98 Å². The summed E-state index contributed by atoms with van der Waals surface area (Å²) in [4.78, 5) is 4.26. The van der Waals surface area contributed by atoms with E-state index in [1.165, 1.54) is 0 Å². The Balaban J connectivity index is 2.26. The second-order valence-corrected chi connectivity index (χ2v) is 4.74. The third-order valence-electron chi connectivity index (χ3n) is 3.21. The van der Waals surface area contributed by atoms with Crippen LogP contribution in [0.1, 0.15) is 28.5 Å². The van der Waals surface area contributed by atoms with Crippen LogP contribution in [0, 0.1) is 13.8 Å². The first-order valence-corrected chi connectivity index (χ1v) is 6.35. The van der Waals surface area contributed by atoms with E-state index in [0.29, 0.717) is 6.42 Å². The van der Waals surface area contributed by atoms with Crippen molar-refractivity contribution < 1.29 is 9.84 Å². The highest BCUT2D eigenvalue weighted by atomic mass is 16.5. The number of ether oxygens (including phenoxy) is 1. The molecule has 0 aliphatic heterocycles. The van der Waals surface area contributed by atoms with Crippen molar-refractivity contribution >= 4 is 0 Å². The van der Waals surface area contributed by atoms with E-state index >= 15 is 0 Å². The molecule has 1 aromatic carbocycles. The molecule has 0 saturated carbocycles. The Bertz CT molecular complexity index is 566. The molecule has 19 heavy (non-hydrogen) atoms. The van der Waals surface area contributed by atoms with Crippen LogP contribution in [0.5, 0.6) is 5.75 Å². The van der Waals surface area contributed by atoms with Gasteiger partial charge in [0.25, 0.3) is 0 Å². The first-order chi connectivity index (χ1) is 9.11. The van der Waals surface area contributed by atoms with Crippen LogP contribution in [0.3, 0.4) is 0 Å². The summed E-state index contributed by atoms with van der Waals surface area (Å²) in [6.45, 7) is 3.99. The molecule has 2 rings (SSSR count). The highest BCUT2D eigenvalue weighted by Crippen LogP contribution is 2.26. The van der Waals surface area contributed by atoms with E-state index in [9.17, 15) is 5.11 Å². The van der Waals surface area contributed by atoms with E-state index in [1.807, 2.05) is 44.2 Å². The molecular weight excluding hydrogens is 238 g/mol. The Morgan fingerprint density at radius 2 is 2.05 bits per heavy atom. The van der Waals surface area contributed by atoms with Gasteiger partial charge in [0, 0.05) is 12.6 Å². The Labute approximate surface area is 113 Å². The van der Waals surface area contributed by atoms with Crippen LogP contribution in [0.15, 0.2) is 36.5 Å². The van der Waals surface area contributed by atoms with Gasteiger partial charge in [0.05, 0.1) is 12.8 Å². The molecule has 0 amide bonds. The number of nitrogens with zero attached hydrogens (tertiary/aromatic N) is 1. The largest absolute Gasteiger partial charge is 0.496 e. The summed E-state index contributed by atoms with van der Waals surface area (Å²) in [6, 6.07) is 9.81. The molecule has 1 N–H and O–H groups in total. The number of aliphatic hydroxyl groups excluding tert-OH is 1. The topological polar surface area (TPSA) is 42.4 Å². The smallest absolute Gasteiger partial charge is 0.122 e. The predicted molar refractivity (Wildman–Crippen MR) is 75.4 cm³/mol. The molecule has 0 fully saturated rings. The first-order valence-electron chi connectivity index (χ1n) is 6.35. The number of rotatable bonds is 4. The number of pyridine rings is 1. The van der Waals surface area contributed by atoms with Crippen LogP contribution in [0.25, 0.3) is 0 Å². The minimum atomic E-state index is -0.614. The fraction of sp³-hybridized carbons (Fsp3) is 0.312. The Morgan fingerprint density at radius 1 is 1.26 bits per heavy atom. The average Bonchev–Trinajstić information content (AvgIpc) is 2.39. The standard InChI is InChI=1S/C16H19NO2/c1-11-6-7-15(19-3)13(9-11)10-14(18)16-12(2)5-4-8-17-16/h4-9,14,18H,10H2,1-3H3. The lowest BCUT2D eigenvalue weighted by molar-refractivity contribution is 0.171. The van der Waals surface area contributed by atoms with E-state index in [-0.39, 0.29) is 0 Å². The van der Waals surface area contributed by atoms with Gasteiger partial charge in [-0.05, 0) is 37.1 Å². The highest BCUT2D eigenvalue weighted by Gasteiger charge is 2.15. The monoisotopic (exact) mass is 257 g/mol. The summed E-state index contributed by atoms with van der Waals surface area (Å²) in [7, 11) is 1.65. The van der Waals surface area contributed by atoms with Crippen molar-refractivity contribution in [2.24, 2.45) is 0 Å². The second kappa shape index (κ2) is 5.85. The number of benzene rings is 1. The van der Waals surface area contributed by atoms with E-state index < -0.39 is 6.10 Å². The van der Waals surface area contributed by atoms with Gasteiger partial charge in [0.1, 0.15) is 11.9 Å². The third-order valence-corrected chi connectivity index (χ3v) is 3.21. The minimum Gasteiger partial charge on any atom is -0.496 e. The second-order valence-electron chi connectivity index (χ2n) is 4.74. The van der Waals surface area contributed by atoms with Crippen molar-refractivity contribution in [2.75, 3.05) is 7.11 Å². The zero-order valence-corrected chi connectivity index (χ0v) is 11.6. The van der Waals surface area contributed by atoms with Crippen LogP contribution >= 0.6 is 0 Å². The molecule has 100 valence electrons. The molecule has 0 radical (unpaired) electrons. The molecule has 3 nitrogen and oxygen atoms in total. The molecule has 1 unspecified atom stereocenters. The fourth-order valence-corrected chi connectivity index (χ4v) is 2.22. The van der Waals surface area contributed by atoms with Crippen molar-refractivity contribution in [1.29, 1.82) is 0 Å². The molecular formula is C16H19NO2. The fourth-order valence-electron chi connectivity index (χ4n) is 2.22. The van der Waals surface area contributed by atoms with Crippen LogP contribution in [0.2, 0.25) is 0 Å². The summed E-state index contributed by atoms with van der Waals surface area (Å²) in [5, 5.41) is 10.3. The van der Waals surface area contributed by atoms with Gasteiger partial charge in [-0.2, -0.15) is 0 Å². The molecule has 0 spiro atoms. The predicted octanol–water partition coefficient (Wildman–Crippen LogP) is 2.98. The normalized spacial score (nSPS) is 12.2. The summed E-state index contributed by atoms with van der Waals surface area (Å²) in [5.41, 5.74) is 3.88. The van der Waals surface area contributed by atoms with Gasteiger partial charge in [-0.1, -0.05) is 23.8 Å². The number of hydrogen-bond acceptors (Lipinski definition) is 3. The van der Waals surface area contributed by atoms with Gasteiger partial charge in [-0.3, -0.25) is 4.98 Å². The molecule has 0 aliphatic rings. The molecule has 1 heterocycles. The highest BCUT2D eigenvalue weighted by molar-refractivity contribution is 5.38. The number of aliphatic hydroxyl groups is 1. The van der Waals surface area contributed by atoms with Crippen molar-refractivity contribution in [3.05, 3.63) is 58.9 Å². The summed E-state index contributed by atoms with van der Waals surface area (Å²) in [6.07, 6.45) is 1.60. The SMILES string of the molecule is COc1ccc(C)cc1CC(O)c1ncccc1C. The summed E-state index contributed by atoms with van der Waals surface area (Å²) >= 11 is 0. The number of aryl methyl sites for hydroxylation is 2. The first kappa shape index (κ1) is 13.6. The van der Waals surface area contributed by atoms with Crippen LogP contribution in [0.4, 0.5) is 0 Å². The van der Waals surface area contributed by atoms with Gasteiger partial charge >= 0.3 is 0 Å². The number of methoxy groups -OCH3 is 1. The zero-order chi connectivity index (χ0) is 13.8. The van der Waals surface area contributed by atoms with Gasteiger partial charge in [0.15, 0.2) is 0 Å². The van der Waals surface area contributed by atoms with Crippen LogP contribution in [-0.2, 0) is 6.42 Å². The lowest BCUT2D eigenvalue weighted by Crippen LogP contribution is -2.07. The Hall–Kier alpha value is -1.87. The van der Waals surface area contributed by atoms with Gasteiger partial charge in [-0.15, -0.1) is 0 Å². The van der Waals surface area contributed by atoms with Crippen molar-refractivity contribution in [3.8, 4) is 5.75 Å². The lowest BCUT2D eigenvalue weighted by atomic mass is 10.0. The third kappa shape index (κ3) is 3.12. The van der Waals surface area contributed by atoms with E-state index in [2.05, 4.69) is 4.98 Å². The maximum absolute atomic E-state index is 10.3. The molecule has 0 saturated heterocycles. The molecule has 1 aromatic heterocycles. The summed E-state index contributed by atoms with van der Waals surface area (Å²) < 4.78 is 5.34. The Kier molecular flexibility index (Phi) is 4.17. The lowest BCUT2D eigenvalue weighted by Gasteiger charge is -2.15. The van der Waals surface area contributed by atoms with Gasteiger partial charge < -0.3 is 9.84 Å². The van der Waals surface area contributed by atoms with Crippen molar-refractivity contribution in [2.45, 2.75) is 26.4 Å². The molecule has 3 heteroatoms. The molecule has 0 aliphatic carbocycles. The molecule has 2 aromatic rings. The van der Waals surface area contributed by atoms with E-state index in [1.54, 1.807) is 13.3 Å². The average molecular weight is 257 g/mol. The number of aromatic nitrogens is 1. The van der Waals surface area contributed by atoms with Gasteiger partial charge in [-0.25, -0.2) is 0 Å². The minimum absolute atomic E-state index is 0.503. The van der Waals surface area contributed by atoms with Crippen molar-refractivity contribution in [3.63, 3.8) is 0 Å². The number of hydrogen-bond donors (Lipinski definition) is 1. The molecule has 1 atom stereocenters. The molecule has 0 bridgehead atoms. The quantitative estimate of drug-likeness (QED) is 0.915. The van der Waals surface area contributed by atoms with E-state index in [4.69, 9.17) is 4.74 Å². The van der Waals surface area contributed by atoms with Crippen LogP contribution in [-0.4, -0.2) is 17.2 Å². The van der Waals surface area contributed by atoms with Crippen LogP contribution < -0.4 is 4.74 Å². The van der Waals surface area contributed by atoms with Gasteiger partial charge in [0.2, 0.25) is 0 Å².